The van der Waals surface area contributed by atoms with E-state index in [-0.39, 0.29) is 22.5 Å². The van der Waals surface area contributed by atoms with Gasteiger partial charge in [0.15, 0.2) is 6.04 Å². The number of amides is 2. The summed E-state index contributed by atoms with van der Waals surface area (Å²) in [5.74, 6) is -0.472. The third-order valence-corrected chi connectivity index (χ3v) is 3.87. The largest absolute Gasteiger partial charge is 0.413 e. The quantitative estimate of drug-likeness (QED) is 0.818. The molecule has 0 spiro atoms. The number of urea groups is 1. The van der Waals surface area contributed by atoms with Crippen LogP contribution < -0.4 is 10.6 Å². The first-order valence-corrected chi connectivity index (χ1v) is 7.41. The number of hydrogen-bond donors (Lipinski definition) is 2. The van der Waals surface area contributed by atoms with E-state index in [1.807, 2.05) is 5.32 Å². The number of aromatic nitrogens is 2. The molecule has 1 atom stereocenters. The van der Waals surface area contributed by atoms with E-state index >= 15 is 0 Å². The highest BCUT2D eigenvalue weighted by Gasteiger charge is 2.44. The van der Waals surface area contributed by atoms with Crippen LogP contribution in [0.2, 0.25) is 0 Å². The van der Waals surface area contributed by atoms with Crippen molar-refractivity contribution in [1.82, 2.24) is 15.1 Å². The zero-order valence-corrected chi connectivity index (χ0v) is 14.1. The summed E-state index contributed by atoms with van der Waals surface area (Å²) in [7, 11) is 1.53. The molecule has 9 heteroatoms. The Morgan fingerprint density at radius 2 is 1.88 bits per heavy atom. The van der Waals surface area contributed by atoms with Gasteiger partial charge in [0.05, 0.1) is 5.69 Å². The highest BCUT2D eigenvalue weighted by molar-refractivity contribution is 5.89. The third kappa shape index (κ3) is 4.09. The van der Waals surface area contributed by atoms with Crippen molar-refractivity contribution >= 4 is 11.7 Å². The van der Waals surface area contributed by atoms with Gasteiger partial charge in [0, 0.05) is 24.0 Å². The average Bonchev–Trinajstić information content (AvgIpc) is 2.73. The predicted molar refractivity (Wildman–Crippen MR) is 84.8 cm³/mol. The van der Waals surface area contributed by atoms with Crippen LogP contribution in [0.5, 0.6) is 0 Å². The molecule has 0 radical (unpaired) electrons. The normalized spacial score (nSPS) is 12.8. The SMILES string of the molecule is Cc1cc(NC(=O)NC(c2c(C)nn(C)c2C)C(F)(F)F)ccc1F. The van der Waals surface area contributed by atoms with Crippen LogP contribution in [-0.4, -0.2) is 22.0 Å². The fourth-order valence-corrected chi connectivity index (χ4v) is 2.55. The maximum absolute atomic E-state index is 13.5. The van der Waals surface area contributed by atoms with Crippen molar-refractivity contribution in [1.29, 1.82) is 0 Å². The van der Waals surface area contributed by atoms with Crippen LogP contribution in [0.1, 0.15) is 28.6 Å². The first-order valence-electron chi connectivity index (χ1n) is 7.41. The second kappa shape index (κ2) is 6.73. The number of anilines is 1. The zero-order chi connectivity index (χ0) is 18.9. The van der Waals surface area contributed by atoms with E-state index < -0.39 is 24.1 Å². The van der Waals surface area contributed by atoms with Crippen molar-refractivity contribution in [3.05, 3.63) is 46.5 Å². The minimum absolute atomic E-state index is 0.0968. The third-order valence-electron chi connectivity index (χ3n) is 3.87. The molecule has 0 fully saturated rings. The number of nitrogens with one attached hydrogen (secondary N) is 2. The Balaban J connectivity index is 2.25. The lowest BCUT2D eigenvalue weighted by Gasteiger charge is -2.22. The van der Waals surface area contributed by atoms with Gasteiger partial charge in [-0.2, -0.15) is 18.3 Å². The number of benzene rings is 1. The number of hydrogen-bond acceptors (Lipinski definition) is 2. The summed E-state index contributed by atoms with van der Waals surface area (Å²) in [6.45, 7) is 4.43. The number of halogens is 4. The summed E-state index contributed by atoms with van der Waals surface area (Å²) in [6, 6.07) is 0.476. The summed E-state index contributed by atoms with van der Waals surface area (Å²) in [6.07, 6.45) is -4.70. The highest BCUT2D eigenvalue weighted by Crippen LogP contribution is 2.35. The molecule has 1 heterocycles. The highest BCUT2D eigenvalue weighted by atomic mass is 19.4. The van der Waals surface area contributed by atoms with Crippen LogP contribution in [0.15, 0.2) is 18.2 Å². The Labute approximate surface area is 142 Å². The Morgan fingerprint density at radius 3 is 2.36 bits per heavy atom. The summed E-state index contributed by atoms with van der Waals surface area (Å²) >= 11 is 0. The molecule has 1 unspecified atom stereocenters. The lowest BCUT2D eigenvalue weighted by molar-refractivity contribution is -0.155. The first kappa shape index (κ1) is 18.8. The summed E-state index contributed by atoms with van der Waals surface area (Å²) in [4.78, 5) is 12.0. The van der Waals surface area contributed by atoms with Gasteiger partial charge in [0.25, 0.3) is 0 Å². The van der Waals surface area contributed by atoms with Crippen LogP contribution in [0, 0.1) is 26.6 Å². The van der Waals surface area contributed by atoms with Crippen LogP contribution >= 0.6 is 0 Å². The minimum atomic E-state index is -4.70. The van der Waals surface area contributed by atoms with Gasteiger partial charge >= 0.3 is 12.2 Å². The van der Waals surface area contributed by atoms with E-state index in [2.05, 4.69) is 10.4 Å². The lowest BCUT2D eigenvalue weighted by Crippen LogP contribution is -2.41. The Hall–Kier alpha value is -2.58. The van der Waals surface area contributed by atoms with Crippen LogP contribution in [0.25, 0.3) is 0 Å². The molecule has 0 aliphatic heterocycles. The van der Waals surface area contributed by atoms with E-state index in [9.17, 15) is 22.4 Å². The zero-order valence-electron chi connectivity index (χ0n) is 14.1. The number of alkyl halides is 3. The van der Waals surface area contributed by atoms with E-state index in [1.165, 1.54) is 44.6 Å². The molecule has 1 aromatic carbocycles. The fourth-order valence-electron chi connectivity index (χ4n) is 2.55. The number of rotatable bonds is 3. The van der Waals surface area contributed by atoms with E-state index in [0.29, 0.717) is 5.69 Å². The Bertz CT molecular complexity index is 798. The van der Waals surface area contributed by atoms with E-state index in [1.54, 1.807) is 0 Å². The molecular weight excluding hydrogens is 340 g/mol. The molecule has 2 amide bonds. The molecular formula is C16H18F4N4O. The van der Waals surface area contributed by atoms with Gasteiger partial charge in [0.2, 0.25) is 0 Å². The van der Waals surface area contributed by atoms with Crippen molar-refractivity contribution in [2.24, 2.45) is 7.05 Å². The molecule has 5 nitrogen and oxygen atoms in total. The van der Waals surface area contributed by atoms with Gasteiger partial charge in [-0.25, -0.2) is 9.18 Å². The van der Waals surface area contributed by atoms with Crippen molar-refractivity contribution in [2.45, 2.75) is 33.0 Å². The standard InChI is InChI=1S/C16H18F4N4O/c1-8-7-11(5-6-12(8)17)21-15(25)22-14(16(18,19)20)13-9(2)23-24(4)10(13)3/h5-7,14H,1-4H3,(H2,21,22,25). The second-order valence-electron chi connectivity index (χ2n) is 5.75. The molecule has 0 aliphatic carbocycles. The molecule has 0 aliphatic rings. The van der Waals surface area contributed by atoms with Gasteiger partial charge in [-0.1, -0.05) is 0 Å². The van der Waals surface area contributed by atoms with Gasteiger partial charge in [-0.05, 0) is 44.5 Å². The molecule has 0 saturated carbocycles. The van der Waals surface area contributed by atoms with Crippen molar-refractivity contribution < 1.29 is 22.4 Å². The lowest BCUT2D eigenvalue weighted by atomic mass is 10.0. The van der Waals surface area contributed by atoms with Gasteiger partial charge in [-0.15, -0.1) is 0 Å². The van der Waals surface area contributed by atoms with Crippen molar-refractivity contribution in [3.8, 4) is 0 Å². The predicted octanol–water partition coefficient (Wildman–Crippen LogP) is 3.91. The van der Waals surface area contributed by atoms with Crippen LogP contribution in [0.4, 0.5) is 28.0 Å². The molecule has 0 saturated heterocycles. The van der Waals surface area contributed by atoms with Crippen LogP contribution in [-0.2, 0) is 7.05 Å². The topological polar surface area (TPSA) is 59.0 Å². The summed E-state index contributed by atoms with van der Waals surface area (Å²) < 4.78 is 54.9. The van der Waals surface area contributed by atoms with Crippen molar-refractivity contribution in [3.63, 3.8) is 0 Å². The number of aryl methyl sites for hydroxylation is 3. The molecule has 0 bridgehead atoms. The van der Waals surface area contributed by atoms with E-state index in [4.69, 9.17) is 0 Å². The van der Waals surface area contributed by atoms with E-state index in [0.717, 1.165) is 6.07 Å². The molecule has 2 N–H and O–H groups in total. The smallest absolute Gasteiger partial charge is 0.322 e. The van der Waals surface area contributed by atoms with Crippen LogP contribution in [0.3, 0.4) is 0 Å². The van der Waals surface area contributed by atoms with Crippen molar-refractivity contribution in [2.75, 3.05) is 5.32 Å². The molecule has 25 heavy (non-hydrogen) atoms. The average molecular weight is 358 g/mol. The maximum Gasteiger partial charge on any atom is 0.413 e. The molecule has 2 aromatic rings. The number of carbonyl (C=O) groups is 1. The first-order chi connectivity index (χ1) is 11.5. The maximum atomic E-state index is 13.5. The number of carbonyl (C=O) groups excluding carboxylic acids is 1. The summed E-state index contributed by atoms with van der Waals surface area (Å²) in [5, 5.41) is 8.17. The molecule has 2 rings (SSSR count). The van der Waals surface area contributed by atoms with Gasteiger partial charge in [-0.3, -0.25) is 4.68 Å². The Kier molecular flexibility index (Phi) is 5.05. The molecule has 136 valence electrons. The fraction of sp³-hybridized carbons (Fsp3) is 0.375. The van der Waals surface area contributed by atoms with Gasteiger partial charge < -0.3 is 10.6 Å². The number of nitrogens with zero attached hydrogens (tertiary/aromatic N) is 2. The minimum Gasteiger partial charge on any atom is -0.322 e. The second-order valence-corrected chi connectivity index (χ2v) is 5.75. The molecule has 1 aromatic heterocycles. The Morgan fingerprint density at radius 1 is 1.24 bits per heavy atom. The monoisotopic (exact) mass is 358 g/mol. The van der Waals surface area contributed by atoms with Gasteiger partial charge in [0.1, 0.15) is 5.82 Å². The summed E-state index contributed by atoms with van der Waals surface area (Å²) in [5.41, 5.74) is 0.847.